The summed E-state index contributed by atoms with van der Waals surface area (Å²) < 4.78 is 23.9. The van der Waals surface area contributed by atoms with Crippen molar-refractivity contribution in [3.05, 3.63) is 12.2 Å². The Morgan fingerprint density at radius 3 is 2.04 bits per heavy atom. The number of Topliss-reactive ketones (excluding diaryl/α,β-unsaturated/α-hetero) is 1. The van der Waals surface area contributed by atoms with Gasteiger partial charge in [0.2, 0.25) is 0 Å². The number of carbonyl (C=O) groups is 2. The molecule has 0 amide bonds. The van der Waals surface area contributed by atoms with Crippen molar-refractivity contribution in [1.82, 2.24) is 0 Å². The number of carbonyl (C=O) groups excluding carboxylic acids is 2. The van der Waals surface area contributed by atoms with Gasteiger partial charge in [0.25, 0.3) is 0 Å². The Labute approximate surface area is 174 Å². The molecule has 9 heteroatoms. The molecule has 0 fully saturated rings. The van der Waals surface area contributed by atoms with Gasteiger partial charge in [-0.25, -0.2) is 4.79 Å². The van der Waals surface area contributed by atoms with Gasteiger partial charge in [0.05, 0.1) is 6.61 Å². The van der Waals surface area contributed by atoms with E-state index in [4.69, 9.17) is 17.4 Å². The Bertz CT molecular complexity index is 532. The molecule has 0 spiro atoms. The number of rotatable bonds is 15. The van der Waals surface area contributed by atoms with Gasteiger partial charge in [-0.3, -0.25) is 4.79 Å². The van der Waals surface area contributed by atoms with E-state index in [0.29, 0.717) is 13.0 Å². The second-order valence-corrected chi connectivity index (χ2v) is 20.2. The van der Waals surface area contributed by atoms with Crippen LogP contribution in [-0.2, 0) is 27.0 Å². The molecule has 0 saturated heterocycles. The third kappa shape index (κ3) is 13.6. The van der Waals surface area contributed by atoms with Gasteiger partial charge in [-0.05, 0) is 52.2 Å². The Hall–Kier alpha value is -0.589. The molecule has 0 aliphatic carbocycles. The van der Waals surface area contributed by atoms with Crippen LogP contribution in [0.25, 0.3) is 0 Å². The molecule has 0 saturated carbocycles. The minimum absolute atomic E-state index is 0.0285. The van der Waals surface area contributed by atoms with Gasteiger partial charge >= 0.3 is 23.1 Å². The molecule has 0 aromatic carbocycles. The molecule has 164 valence electrons. The fourth-order valence-corrected chi connectivity index (χ4v) is 16.1. The van der Waals surface area contributed by atoms with Crippen LogP contribution < -0.4 is 0 Å². The summed E-state index contributed by atoms with van der Waals surface area (Å²) in [5.74, 6) is -0.630. The van der Waals surface area contributed by atoms with Crippen LogP contribution in [0, 0.1) is 0 Å². The summed E-state index contributed by atoms with van der Waals surface area (Å²) >= 11 is 0. The van der Waals surface area contributed by atoms with Crippen molar-refractivity contribution in [3.8, 4) is 0 Å². The predicted octanol–water partition coefficient (Wildman–Crippen LogP) is 4.91. The highest BCUT2D eigenvalue weighted by molar-refractivity contribution is 6.86. The summed E-state index contributed by atoms with van der Waals surface area (Å²) in [5, 5.41) is 0. The fraction of sp³-hybridized carbons (Fsp3) is 0.789. The average molecular weight is 449 g/mol. The molecule has 0 aliphatic rings. The lowest BCUT2D eigenvalue weighted by Crippen LogP contribution is -2.53. The second-order valence-electron chi connectivity index (χ2n) is 8.69. The van der Waals surface area contributed by atoms with Gasteiger partial charge in [-0.15, -0.1) is 0 Å². The molecule has 0 radical (unpaired) electrons. The molecule has 0 aromatic heterocycles. The molecule has 0 heterocycles. The first kappa shape index (κ1) is 27.4. The van der Waals surface area contributed by atoms with E-state index in [1.807, 2.05) is 13.1 Å². The van der Waals surface area contributed by atoms with Gasteiger partial charge in [-0.1, -0.05) is 26.3 Å². The molecule has 6 nitrogen and oxygen atoms in total. The summed E-state index contributed by atoms with van der Waals surface area (Å²) in [4.78, 5) is 22.7. The fourth-order valence-electron chi connectivity index (χ4n) is 2.98. The first-order valence-electron chi connectivity index (χ1n) is 10.1. The molecule has 0 aromatic rings. The van der Waals surface area contributed by atoms with Gasteiger partial charge in [-0.2, -0.15) is 0 Å². The standard InChI is InChI=1S/C19H40O6Si3/c1-10-11-15-26(4,5)24-28(8,9)25-27(6,7)23-14-12-13-22-19(21)17(2)16-18(3)20/h2,10-16H2,1,3-9H3. The first-order chi connectivity index (χ1) is 12.7. The van der Waals surface area contributed by atoms with E-state index in [1.54, 1.807) is 0 Å². The Morgan fingerprint density at radius 1 is 0.893 bits per heavy atom. The van der Waals surface area contributed by atoms with E-state index in [1.165, 1.54) is 19.8 Å². The quantitative estimate of drug-likeness (QED) is 0.153. The summed E-state index contributed by atoms with van der Waals surface area (Å²) in [6, 6.07) is 1.15. The van der Waals surface area contributed by atoms with E-state index >= 15 is 0 Å². The van der Waals surface area contributed by atoms with E-state index in [0.717, 1.165) is 6.04 Å². The minimum atomic E-state index is -2.33. The van der Waals surface area contributed by atoms with E-state index in [9.17, 15) is 9.59 Å². The number of esters is 1. The largest absolute Gasteiger partial charge is 0.462 e. The molecule has 0 N–H and O–H groups in total. The lowest BCUT2D eigenvalue weighted by Gasteiger charge is -2.38. The summed E-state index contributed by atoms with van der Waals surface area (Å²) in [6.07, 6.45) is 2.97. The van der Waals surface area contributed by atoms with Crippen LogP contribution in [0.2, 0.25) is 45.3 Å². The van der Waals surface area contributed by atoms with Crippen molar-refractivity contribution in [2.24, 2.45) is 0 Å². The molecule has 0 bridgehead atoms. The Morgan fingerprint density at radius 2 is 1.50 bits per heavy atom. The highest BCUT2D eigenvalue weighted by atomic mass is 28.5. The lowest BCUT2D eigenvalue weighted by atomic mass is 10.2. The maximum Gasteiger partial charge on any atom is 0.333 e. The number of unbranched alkanes of at least 4 members (excludes halogenated alkanes) is 1. The van der Waals surface area contributed by atoms with Crippen molar-refractivity contribution in [3.63, 3.8) is 0 Å². The van der Waals surface area contributed by atoms with Gasteiger partial charge < -0.3 is 17.4 Å². The molecular weight excluding hydrogens is 408 g/mol. The van der Waals surface area contributed by atoms with Gasteiger partial charge in [0, 0.05) is 25.0 Å². The summed E-state index contributed by atoms with van der Waals surface area (Å²) in [5.41, 5.74) is 0.186. The number of hydrogen-bond donors (Lipinski definition) is 0. The van der Waals surface area contributed by atoms with Crippen molar-refractivity contribution in [1.29, 1.82) is 0 Å². The van der Waals surface area contributed by atoms with Crippen LogP contribution >= 0.6 is 0 Å². The van der Waals surface area contributed by atoms with E-state index in [2.05, 4.69) is 39.7 Å². The molecular formula is C19H40O6Si3. The van der Waals surface area contributed by atoms with Gasteiger partial charge in [0.15, 0.2) is 8.32 Å². The van der Waals surface area contributed by atoms with Crippen LogP contribution in [0.3, 0.4) is 0 Å². The van der Waals surface area contributed by atoms with Crippen LogP contribution in [0.4, 0.5) is 0 Å². The van der Waals surface area contributed by atoms with Gasteiger partial charge in [0.1, 0.15) is 5.78 Å². The van der Waals surface area contributed by atoms with E-state index < -0.39 is 31.4 Å². The maximum absolute atomic E-state index is 11.7. The Kier molecular flexibility index (Phi) is 11.9. The van der Waals surface area contributed by atoms with Crippen molar-refractivity contribution in [2.45, 2.75) is 84.9 Å². The Balaban J connectivity index is 4.30. The zero-order chi connectivity index (χ0) is 22.0. The highest BCUT2D eigenvalue weighted by Gasteiger charge is 2.40. The zero-order valence-electron chi connectivity index (χ0n) is 19.1. The van der Waals surface area contributed by atoms with Crippen molar-refractivity contribution in [2.75, 3.05) is 13.2 Å². The number of ketones is 1. The van der Waals surface area contributed by atoms with Crippen molar-refractivity contribution < 1.29 is 27.0 Å². The molecule has 0 rings (SSSR count). The number of ether oxygens (including phenoxy) is 1. The monoisotopic (exact) mass is 448 g/mol. The van der Waals surface area contributed by atoms with Crippen LogP contribution in [0.5, 0.6) is 0 Å². The number of hydrogen-bond acceptors (Lipinski definition) is 6. The van der Waals surface area contributed by atoms with Crippen LogP contribution in [0.1, 0.15) is 39.5 Å². The first-order valence-corrected chi connectivity index (χ1v) is 18.8. The summed E-state index contributed by atoms with van der Waals surface area (Å²) in [7, 11) is -6.33. The van der Waals surface area contributed by atoms with Crippen LogP contribution in [0.15, 0.2) is 12.2 Å². The molecule has 0 aliphatic heterocycles. The third-order valence-electron chi connectivity index (χ3n) is 3.87. The highest BCUT2D eigenvalue weighted by Crippen LogP contribution is 2.24. The molecule has 0 unspecified atom stereocenters. The van der Waals surface area contributed by atoms with E-state index in [-0.39, 0.29) is 24.4 Å². The smallest absolute Gasteiger partial charge is 0.333 e. The molecule has 28 heavy (non-hydrogen) atoms. The SMILES string of the molecule is C=C(CC(C)=O)C(=O)OCCCO[Si](C)(C)O[Si](C)(C)O[Si](C)(C)CCCC. The zero-order valence-corrected chi connectivity index (χ0v) is 22.1. The minimum Gasteiger partial charge on any atom is -0.462 e. The predicted molar refractivity (Wildman–Crippen MR) is 120 cm³/mol. The lowest BCUT2D eigenvalue weighted by molar-refractivity contribution is -0.140. The third-order valence-corrected chi connectivity index (χ3v) is 14.4. The van der Waals surface area contributed by atoms with Crippen molar-refractivity contribution >= 4 is 37.2 Å². The topological polar surface area (TPSA) is 71.1 Å². The second kappa shape index (κ2) is 12.2. The van der Waals surface area contributed by atoms with Crippen LogP contribution in [-0.4, -0.2) is 50.4 Å². The average Bonchev–Trinajstić information content (AvgIpc) is 2.49. The molecule has 0 atom stereocenters. The normalized spacial score (nSPS) is 12.7. The summed E-state index contributed by atoms with van der Waals surface area (Å²) in [6.45, 7) is 20.6. The maximum atomic E-state index is 11.7.